The van der Waals surface area contributed by atoms with E-state index in [-0.39, 0.29) is 17.2 Å². The summed E-state index contributed by atoms with van der Waals surface area (Å²) in [5, 5.41) is 4.09. The van der Waals surface area contributed by atoms with Crippen LogP contribution in [0.3, 0.4) is 0 Å². The number of rotatable bonds is 4. The van der Waals surface area contributed by atoms with E-state index >= 15 is 0 Å². The van der Waals surface area contributed by atoms with Crippen molar-refractivity contribution in [3.63, 3.8) is 0 Å². The van der Waals surface area contributed by atoms with Crippen LogP contribution >= 0.6 is 11.6 Å². The first-order chi connectivity index (χ1) is 9.52. The van der Waals surface area contributed by atoms with Crippen molar-refractivity contribution in [3.8, 4) is 11.3 Å². The van der Waals surface area contributed by atoms with E-state index < -0.39 is 5.92 Å². The van der Waals surface area contributed by atoms with Crippen molar-refractivity contribution in [2.75, 3.05) is 7.11 Å². The summed E-state index contributed by atoms with van der Waals surface area (Å²) >= 11 is 5.63. The topological polar surface area (TPSA) is 78.1 Å². The Kier molecular flexibility index (Phi) is 4.34. The molecule has 1 unspecified atom stereocenters. The Labute approximate surface area is 121 Å². The predicted octanol–water partition coefficient (Wildman–Crippen LogP) is 2.70. The van der Waals surface area contributed by atoms with Crippen LogP contribution in [0.5, 0.6) is 0 Å². The molecular weight excluding hydrogens is 282 g/mol. The van der Waals surface area contributed by atoms with Gasteiger partial charge in [-0.25, -0.2) is 9.97 Å². The number of carbonyl (C=O) groups excluding carboxylic acids is 1. The molecule has 20 heavy (non-hydrogen) atoms. The molecule has 0 spiro atoms. The van der Waals surface area contributed by atoms with Crippen LogP contribution in [0.1, 0.15) is 25.5 Å². The van der Waals surface area contributed by atoms with Gasteiger partial charge < -0.3 is 9.26 Å². The van der Waals surface area contributed by atoms with Gasteiger partial charge in [-0.15, -0.1) is 0 Å². The Balaban J connectivity index is 2.31. The summed E-state index contributed by atoms with van der Waals surface area (Å²) in [6, 6.07) is 1.69. The summed E-state index contributed by atoms with van der Waals surface area (Å²) < 4.78 is 10.0. The summed E-state index contributed by atoms with van der Waals surface area (Å²) in [4.78, 5) is 19.5. The van der Waals surface area contributed by atoms with Gasteiger partial charge in [-0.3, -0.25) is 4.79 Å². The standard InChI is InChI=1S/C13H14ClN3O3/c1-7(2)11(12(18)19-3)10-4-9(17-20-10)8-5-15-13(14)16-6-8/h4-7,11H,1-3H3. The molecule has 0 aromatic carbocycles. The summed E-state index contributed by atoms with van der Waals surface area (Å²) in [6.45, 7) is 3.82. The molecule has 0 aliphatic carbocycles. The SMILES string of the molecule is COC(=O)C(c1cc(-c2cnc(Cl)nc2)no1)C(C)C. The fourth-order valence-corrected chi connectivity index (χ4v) is 1.96. The molecule has 0 fully saturated rings. The van der Waals surface area contributed by atoms with Crippen molar-refractivity contribution in [3.05, 3.63) is 29.5 Å². The molecule has 2 rings (SSSR count). The van der Waals surface area contributed by atoms with Crippen molar-refractivity contribution < 1.29 is 14.1 Å². The highest BCUT2D eigenvalue weighted by Crippen LogP contribution is 2.29. The first kappa shape index (κ1) is 14.5. The van der Waals surface area contributed by atoms with E-state index in [1.165, 1.54) is 7.11 Å². The van der Waals surface area contributed by atoms with Crippen LogP contribution in [0.2, 0.25) is 5.28 Å². The van der Waals surface area contributed by atoms with Crippen molar-refractivity contribution in [1.29, 1.82) is 0 Å². The average molecular weight is 296 g/mol. The van der Waals surface area contributed by atoms with Gasteiger partial charge in [0.1, 0.15) is 11.6 Å². The van der Waals surface area contributed by atoms with Gasteiger partial charge in [-0.2, -0.15) is 0 Å². The van der Waals surface area contributed by atoms with Gasteiger partial charge in [-0.05, 0) is 17.5 Å². The van der Waals surface area contributed by atoms with Crippen molar-refractivity contribution in [2.45, 2.75) is 19.8 Å². The van der Waals surface area contributed by atoms with Gasteiger partial charge in [-0.1, -0.05) is 19.0 Å². The number of hydrogen-bond acceptors (Lipinski definition) is 6. The zero-order valence-corrected chi connectivity index (χ0v) is 12.1. The minimum atomic E-state index is -0.491. The number of halogens is 1. The maximum atomic E-state index is 11.8. The van der Waals surface area contributed by atoms with Crippen molar-refractivity contribution in [1.82, 2.24) is 15.1 Å². The van der Waals surface area contributed by atoms with Crippen LogP contribution in [0.4, 0.5) is 0 Å². The number of hydrogen-bond donors (Lipinski definition) is 0. The Hall–Kier alpha value is -1.95. The maximum Gasteiger partial charge on any atom is 0.316 e. The summed E-state index contributed by atoms with van der Waals surface area (Å²) in [7, 11) is 1.35. The van der Waals surface area contributed by atoms with E-state index in [0.29, 0.717) is 17.0 Å². The first-order valence-corrected chi connectivity index (χ1v) is 6.43. The molecule has 6 nitrogen and oxygen atoms in total. The summed E-state index contributed by atoms with van der Waals surface area (Å²) in [5.74, 6) is -0.356. The third-order valence-corrected chi connectivity index (χ3v) is 3.07. The van der Waals surface area contributed by atoms with Gasteiger partial charge in [0.05, 0.1) is 7.11 Å². The number of esters is 1. The molecule has 2 aromatic heterocycles. The molecule has 0 N–H and O–H groups in total. The zero-order valence-electron chi connectivity index (χ0n) is 11.3. The molecule has 106 valence electrons. The molecule has 7 heteroatoms. The quantitative estimate of drug-likeness (QED) is 0.637. The highest BCUT2D eigenvalue weighted by atomic mass is 35.5. The lowest BCUT2D eigenvalue weighted by molar-refractivity contribution is -0.144. The van der Waals surface area contributed by atoms with E-state index in [9.17, 15) is 4.79 Å². The van der Waals surface area contributed by atoms with E-state index in [1.807, 2.05) is 13.8 Å². The highest BCUT2D eigenvalue weighted by Gasteiger charge is 2.29. The molecule has 0 radical (unpaired) electrons. The fourth-order valence-electron chi connectivity index (χ4n) is 1.86. The van der Waals surface area contributed by atoms with E-state index in [0.717, 1.165) is 0 Å². The molecule has 0 aliphatic rings. The van der Waals surface area contributed by atoms with E-state index in [4.69, 9.17) is 20.9 Å². The molecule has 2 aromatic rings. The van der Waals surface area contributed by atoms with Gasteiger partial charge in [0.15, 0.2) is 5.76 Å². The van der Waals surface area contributed by atoms with Crippen LogP contribution in [0.25, 0.3) is 11.3 Å². The monoisotopic (exact) mass is 295 g/mol. The Morgan fingerprint density at radius 2 is 2.00 bits per heavy atom. The molecule has 0 saturated carbocycles. The zero-order chi connectivity index (χ0) is 14.7. The summed E-state index contributed by atoms with van der Waals surface area (Å²) in [5.41, 5.74) is 1.21. The second-order valence-corrected chi connectivity index (χ2v) is 4.94. The van der Waals surface area contributed by atoms with E-state index in [1.54, 1.807) is 18.5 Å². The van der Waals surface area contributed by atoms with Gasteiger partial charge in [0, 0.05) is 24.0 Å². The van der Waals surface area contributed by atoms with Gasteiger partial charge >= 0.3 is 5.97 Å². The smallest absolute Gasteiger partial charge is 0.316 e. The molecular formula is C13H14ClN3O3. The molecule has 0 bridgehead atoms. The van der Waals surface area contributed by atoms with Gasteiger partial charge in [0.25, 0.3) is 0 Å². The van der Waals surface area contributed by atoms with E-state index in [2.05, 4.69) is 15.1 Å². The fraction of sp³-hybridized carbons (Fsp3) is 0.385. The lowest BCUT2D eigenvalue weighted by Gasteiger charge is -2.14. The van der Waals surface area contributed by atoms with Crippen LogP contribution in [0, 0.1) is 5.92 Å². The predicted molar refractivity (Wildman–Crippen MR) is 72.1 cm³/mol. The second kappa shape index (κ2) is 6.00. The minimum Gasteiger partial charge on any atom is -0.468 e. The molecule has 0 aliphatic heterocycles. The average Bonchev–Trinajstić information content (AvgIpc) is 2.88. The minimum absolute atomic E-state index is 0.0321. The van der Waals surface area contributed by atoms with Crippen LogP contribution in [-0.4, -0.2) is 28.2 Å². The van der Waals surface area contributed by atoms with Crippen molar-refractivity contribution >= 4 is 17.6 Å². The number of aromatic nitrogens is 3. The number of ether oxygens (including phenoxy) is 1. The molecule has 1 atom stereocenters. The largest absolute Gasteiger partial charge is 0.468 e. The third-order valence-electron chi connectivity index (χ3n) is 2.87. The Morgan fingerprint density at radius 3 is 2.55 bits per heavy atom. The Morgan fingerprint density at radius 1 is 1.35 bits per heavy atom. The molecule has 0 saturated heterocycles. The normalized spacial score (nSPS) is 12.4. The highest BCUT2D eigenvalue weighted by molar-refractivity contribution is 6.28. The Bertz CT molecular complexity index is 595. The maximum absolute atomic E-state index is 11.8. The molecule has 0 amide bonds. The van der Waals surface area contributed by atoms with Gasteiger partial charge in [0.2, 0.25) is 5.28 Å². The molecule has 2 heterocycles. The number of nitrogens with zero attached hydrogens (tertiary/aromatic N) is 3. The lowest BCUT2D eigenvalue weighted by Crippen LogP contribution is -2.19. The third kappa shape index (κ3) is 2.96. The summed E-state index contributed by atoms with van der Waals surface area (Å²) in [6.07, 6.45) is 3.08. The number of methoxy groups -OCH3 is 1. The van der Waals surface area contributed by atoms with Crippen LogP contribution in [0.15, 0.2) is 23.0 Å². The first-order valence-electron chi connectivity index (χ1n) is 6.05. The lowest BCUT2D eigenvalue weighted by atomic mass is 9.93. The van der Waals surface area contributed by atoms with Crippen LogP contribution in [-0.2, 0) is 9.53 Å². The van der Waals surface area contributed by atoms with Crippen LogP contribution < -0.4 is 0 Å². The van der Waals surface area contributed by atoms with Crippen molar-refractivity contribution in [2.24, 2.45) is 5.92 Å². The second-order valence-electron chi connectivity index (χ2n) is 4.60. The number of carbonyl (C=O) groups is 1.